The molecule has 0 aliphatic heterocycles. The molecule has 2 rings (SSSR count). The van der Waals surface area contributed by atoms with E-state index in [1.807, 2.05) is 31.8 Å². The van der Waals surface area contributed by atoms with Crippen LogP contribution < -0.4 is 5.32 Å². The molecular formula is C12H16ClN5. The summed E-state index contributed by atoms with van der Waals surface area (Å²) in [5.41, 5.74) is 2.28. The van der Waals surface area contributed by atoms with Gasteiger partial charge < -0.3 is 5.32 Å². The zero-order valence-corrected chi connectivity index (χ0v) is 11.5. The summed E-state index contributed by atoms with van der Waals surface area (Å²) in [6.45, 7) is 4.71. The first kappa shape index (κ1) is 12.8. The molecule has 2 heterocycles. The molecule has 0 saturated carbocycles. The van der Waals surface area contributed by atoms with E-state index in [9.17, 15) is 0 Å². The van der Waals surface area contributed by atoms with E-state index in [1.165, 1.54) is 0 Å². The minimum absolute atomic E-state index is 0.465. The van der Waals surface area contributed by atoms with Gasteiger partial charge in [0.25, 0.3) is 0 Å². The quantitative estimate of drug-likeness (QED) is 0.862. The van der Waals surface area contributed by atoms with Crippen LogP contribution in [0.2, 0.25) is 5.15 Å². The van der Waals surface area contributed by atoms with Crippen molar-refractivity contribution < 1.29 is 0 Å². The van der Waals surface area contributed by atoms with Crippen LogP contribution in [0, 0.1) is 6.92 Å². The molecule has 0 bridgehead atoms. The van der Waals surface area contributed by atoms with Crippen LogP contribution in [0.3, 0.4) is 0 Å². The summed E-state index contributed by atoms with van der Waals surface area (Å²) in [5, 5.41) is 7.90. The number of nitrogens with zero attached hydrogens (tertiary/aromatic N) is 4. The molecule has 0 fully saturated rings. The zero-order chi connectivity index (χ0) is 13.1. The van der Waals surface area contributed by atoms with Crippen molar-refractivity contribution in [3.63, 3.8) is 0 Å². The van der Waals surface area contributed by atoms with E-state index in [4.69, 9.17) is 11.6 Å². The largest absolute Gasteiger partial charge is 0.366 e. The Morgan fingerprint density at radius 3 is 2.78 bits per heavy atom. The Morgan fingerprint density at radius 2 is 2.17 bits per heavy atom. The maximum absolute atomic E-state index is 5.94. The molecule has 0 atom stereocenters. The second kappa shape index (κ2) is 5.35. The summed E-state index contributed by atoms with van der Waals surface area (Å²) in [7, 11) is 1.93. The second-order valence-corrected chi connectivity index (χ2v) is 4.47. The fourth-order valence-corrected chi connectivity index (χ4v) is 1.82. The summed E-state index contributed by atoms with van der Waals surface area (Å²) < 4.78 is 1.85. The second-order valence-electron chi connectivity index (χ2n) is 4.08. The van der Waals surface area contributed by atoms with E-state index < -0.39 is 0 Å². The van der Waals surface area contributed by atoms with Crippen LogP contribution in [0.15, 0.2) is 12.3 Å². The highest BCUT2D eigenvalue weighted by molar-refractivity contribution is 6.29. The topological polar surface area (TPSA) is 55.6 Å². The van der Waals surface area contributed by atoms with Crippen molar-refractivity contribution >= 4 is 17.4 Å². The number of nitrogens with one attached hydrogen (secondary N) is 1. The van der Waals surface area contributed by atoms with Gasteiger partial charge in [0.2, 0.25) is 0 Å². The lowest BCUT2D eigenvalue weighted by Gasteiger charge is -2.07. The third-order valence-electron chi connectivity index (χ3n) is 2.85. The molecule has 18 heavy (non-hydrogen) atoms. The van der Waals surface area contributed by atoms with Gasteiger partial charge in [0.05, 0.1) is 6.20 Å². The van der Waals surface area contributed by atoms with Gasteiger partial charge in [0, 0.05) is 37.3 Å². The van der Waals surface area contributed by atoms with Gasteiger partial charge in [-0.1, -0.05) is 18.5 Å². The van der Waals surface area contributed by atoms with Crippen molar-refractivity contribution in [2.75, 3.05) is 5.32 Å². The first-order valence-electron chi connectivity index (χ1n) is 5.85. The van der Waals surface area contributed by atoms with Crippen molar-refractivity contribution in [3.05, 3.63) is 34.5 Å². The molecule has 0 amide bonds. The van der Waals surface area contributed by atoms with Crippen LogP contribution in [0.1, 0.15) is 24.0 Å². The molecule has 1 N–H and O–H groups in total. The van der Waals surface area contributed by atoms with E-state index in [0.29, 0.717) is 11.7 Å². The number of hydrogen-bond acceptors (Lipinski definition) is 4. The molecule has 2 aromatic heterocycles. The molecule has 2 aromatic rings. The van der Waals surface area contributed by atoms with Crippen LogP contribution in [0.25, 0.3) is 0 Å². The van der Waals surface area contributed by atoms with Crippen molar-refractivity contribution in [2.24, 2.45) is 7.05 Å². The van der Waals surface area contributed by atoms with Gasteiger partial charge in [0.15, 0.2) is 0 Å². The van der Waals surface area contributed by atoms with E-state index in [1.54, 1.807) is 6.07 Å². The predicted molar refractivity (Wildman–Crippen MR) is 71.7 cm³/mol. The van der Waals surface area contributed by atoms with Crippen LogP contribution >= 0.6 is 11.6 Å². The summed E-state index contributed by atoms with van der Waals surface area (Å²) in [5.74, 6) is 1.49. The summed E-state index contributed by atoms with van der Waals surface area (Å²) in [6, 6.07) is 1.73. The Labute approximate surface area is 111 Å². The first-order chi connectivity index (χ1) is 8.60. The monoisotopic (exact) mass is 265 g/mol. The number of anilines is 1. The fraction of sp³-hybridized carbons (Fsp3) is 0.417. The zero-order valence-electron chi connectivity index (χ0n) is 10.7. The normalized spacial score (nSPS) is 10.7. The molecule has 6 heteroatoms. The molecule has 0 aliphatic carbocycles. The highest BCUT2D eigenvalue weighted by atomic mass is 35.5. The average molecular weight is 266 g/mol. The van der Waals surface area contributed by atoms with Gasteiger partial charge in [0.1, 0.15) is 16.8 Å². The minimum atomic E-state index is 0.465. The Hall–Kier alpha value is -1.62. The SMILES string of the molecule is CCc1nc(Cl)cc(NCc2cnn(C)c2C)n1. The lowest BCUT2D eigenvalue weighted by Crippen LogP contribution is -2.05. The first-order valence-corrected chi connectivity index (χ1v) is 6.22. The molecule has 5 nitrogen and oxygen atoms in total. The molecule has 0 aromatic carbocycles. The number of halogens is 1. The Morgan fingerprint density at radius 1 is 1.39 bits per heavy atom. The molecule has 0 unspecified atom stereocenters. The number of aryl methyl sites for hydroxylation is 2. The highest BCUT2D eigenvalue weighted by Crippen LogP contribution is 2.14. The van der Waals surface area contributed by atoms with Crippen LogP contribution in [-0.2, 0) is 20.0 Å². The van der Waals surface area contributed by atoms with Crippen molar-refractivity contribution in [1.29, 1.82) is 0 Å². The van der Waals surface area contributed by atoms with Gasteiger partial charge in [-0.3, -0.25) is 4.68 Å². The van der Waals surface area contributed by atoms with E-state index in [-0.39, 0.29) is 0 Å². The Kier molecular flexibility index (Phi) is 3.81. The summed E-state index contributed by atoms with van der Waals surface area (Å²) in [6.07, 6.45) is 2.62. The van der Waals surface area contributed by atoms with E-state index in [2.05, 4.69) is 20.4 Å². The van der Waals surface area contributed by atoms with Crippen LogP contribution in [0.4, 0.5) is 5.82 Å². The van der Waals surface area contributed by atoms with Crippen molar-refractivity contribution in [2.45, 2.75) is 26.8 Å². The summed E-state index contributed by atoms with van der Waals surface area (Å²) in [4.78, 5) is 8.50. The maximum atomic E-state index is 5.94. The fourth-order valence-electron chi connectivity index (χ4n) is 1.62. The number of aromatic nitrogens is 4. The third kappa shape index (κ3) is 2.79. The van der Waals surface area contributed by atoms with Gasteiger partial charge in [-0.15, -0.1) is 0 Å². The molecule has 0 saturated heterocycles. The molecule has 0 aliphatic rings. The van der Waals surface area contributed by atoms with Gasteiger partial charge in [-0.2, -0.15) is 5.10 Å². The third-order valence-corrected chi connectivity index (χ3v) is 3.05. The lowest BCUT2D eigenvalue weighted by molar-refractivity contribution is 0.738. The highest BCUT2D eigenvalue weighted by Gasteiger charge is 2.05. The Balaban J connectivity index is 2.10. The average Bonchev–Trinajstić information content (AvgIpc) is 2.67. The maximum Gasteiger partial charge on any atom is 0.134 e. The van der Waals surface area contributed by atoms with Crippen molar-refractivity contribution in [3.8, 4) is 0 Å². The number of hydrogen-bond donors (Lipinski definition) is 1. The molecule has 0 spiro atoms. The molecule has 96 valence electrons. The smallest absolute Gasteiger partial charge is 0.134 e. The van der Waals surface area contributed by atoms with E-state index >= 15 is 0 Å². The van der Waals surface area contributed by atoms with Crippen molar-refractivity contribution in [1.82, 2.24) is 19.7 Å². The number of rotatable bonds is 4. The minimum Gasteiger partial charge on any atom is -0.366 e. The standard InChI is InChI=1S/C12H16ClN5/c1-4-11-16-10(13)5-12(17-11)14-6-9-7-15-18(3)8(9)2/h5,7H,4,6H2,1-3H3,(H,14,16,17). The van der Waals surface area contributed by atoms with E-state index in [0.717, 1.165) is 29.3 Å². The van der Waals surface area contributed by atoms with Crippen LogP contribution in [-0.4, -0.2) is 19.7 Å². The van der Waals surface area contributed by atoms with Gasteiger partial charge >= 0.3 is 0 Å². The lowest BCUT2D eigenvalue weighted by atomic mass is 10.2. The summed E-state index contributed by atoms with van der Waals surface area (Å²) >= 11 is 5.94. The van der Waals surface area contributed by atoms with Gasteiger partial charge in [-0.25, -0.2) is 9.97 Å². The predicted octanol–water partition coefficient (Wildman–Crippen LogP) is 2.35. The van der Waals surface area contributed by atoms with Gasteiger partial charge in [-0.05, 0) is 6.92 Å². The molecule has 0 radical (unpaired) electrons. The Bertz CT molecular complexity index is 549. The molecular weight excluding hydrogens is 250 g/mol. The van der Waals surface area contributed by atoms with Crippen LogP contribution in [0.5, 0.6) is 0 Å².